The second-order valence-corrected chi connectivity index (χ2v) is 13.0. The average Bonchev–Trinajstić information content (AvgIpc) is 3.52. The number of nitrogens with one attached hydrogen (secondary N) is 2. The molecule has 0 aliphatic carbocycles. The van der Waals surface area contributed by atoms with Gasteiger partial charge in [-0.2, -0.15) is 11.8 Å². The fourth-order valence-corrected chi connectivity index (χ4v) is 5.40. The largest absolute Gasteiger partial charge is 0.465 e. The molecule has 0 aromatic carbocycles. The third-order valence-corrected chi connectivity index (χ3v) is 8.14. The van der Waals surface area contributed by atoms with Gasteiger partial charge in [0.2, 0.25) is 17.7 Å². The average molecular weight is 669 g/mol. The standard InChI is InChI=1S/C36H56N6O4S/c1-26(2)11-6-12-27(3)13-7-14-28(4)15-8-16-29(5)21-24-47-25-32(34(37)44)42-35(45)31(18-9-22-40-36(38)39)41-33(43)20-19-30-17-10-23-46-30/h10-11,13,15,17,19-21,23,31-32H,6-9,12,14,16,18,22,24-25H2,1-5H3,(H2,37,44)(H,41,43)(H,42,45)(H4,38,39,40)/b20-19+,27-13+,28-15+,29-21+/t31-,32-/m0/s1. The topological polar surface area (TPSA) is 179 Å². The van der Waals surface area contributed by atoms with Crippen molar-refractivity contribution in [2.75, 3.05) is 18.1 Å². The van der Waals surface area contributed by atoms with Gasteiger partial charge in [0.25, 0.3) is 0 Å². The molecule has 10 nitrogen and oxygen atoms in total. The first-order valence-electron chi connectivity index (χ1n) is 16.2. The van der Waals surface area contributed by atoms with Gasteiger partial charge in [-0.1, -0.05) is 46.6 Å². The zero-order valence-corrected chi connectivity index (χ0v) is 29.7. The van der Waals surface area contributed by atoms with Gasteiger partial charge in [-0.15, -0.1) is 0 Å². The third kappa shape index (κ3) is 21.4. The quantitative estimate of drug-likeness (QED) is 0.0327. The Bertz CT molecular complexity index is 1290. The van der Waals surface area contributed by atoms with E-state index in [1.165, 1.54) is 52.5 Å². The van der Waals surface area contributed by atoms with Crippen molar-refractivity contribution in [3.63, 3.8) is 0 Å². The van der Waals surface area contributed by atoms with Crippen LogP contribution in [0.5, 0.6) is 0 Å². The van der Waals surface area contributed by atoms with E-state index in [-0.39, 0.29) is 18.9 Å². The molecule has 0 saturated carbocycles. The van der Waals surface area contributed by atoms with Gasteiger partial charge in [0.15, 0.2) is 5.96 Å². The maximum atomic E-state index is 13.1. The van der Waals surface area contributed by atoms with E-state index >= 15 is 0 Å². The molecule has 3 amide bonds. The normalized spacial score (nSPS) is 13.6. The number of hydrogen-bond acceptors (Lipinski definition) is 6. The maximum absolute atomic E-state index is 13.1. The molecule has 11 heteroatoms. The lowest BCUT2D eigenvalue weighted by atomic mass is 10.0. The predicted octanol–water partition coefficient (Wildman–Crippen LogP) is 5.68. The van der Waals surface area contributed by atoms with Gasteiger partial charge in [0.1, 0.15) is 17.8 Å². The molecule has 260 valence electrons. The van der Waals surface area contributed by atoms with Crippen LogP contribution in [0.25, 0.3) is 6.08 Å². The van der Waals surface area contributed by atoms with Crippen molar-refractivity contribution >= 4 is 41.5 Å². The van der Waals surface area contributed by atoms with Gasteiger partial charge >= 0.3 is 0 Å². The molecule has 1 aromatic heterocycles. The highest BCUT2D eigenvalue weighted by molar-refractivity contribution is 7.99. The Hall–Kier alpha value is -3.99. The van der Waals surface area contributed by atoms with Crippen molar-refractivity contribution in [3.8, 4) is 0 Å². The van der Waals surface area contributed by atoms with E-state index in [4.69, 9.17) is 21.6 Å². The lowest BCUT2D eigenvalue weighted by Gasteiger charge is -2.21. The van der Waals surface area contributed by atoms with Gasteiger partial charge in [-0.25, -0.2) is 0 Å². The Labute approximate surface area is 285 Å². The summed E-state index contributed by atoms with van der Waals surface area (Å²) >= 11 is 1.51. The zero-order valence-electron chi connectivity index (χ0n) is 28.8. The number of furan rings is 1. The summed E-state index contributed by atoms with van der Waals surface area (Å²) in [7, 11) is 0. The van der Waals surface area contributed by atoms with Gasteiger partial charge in [-0.3, -0.25) is 19.4 Å². The van der Waals surface area contributed by atoms with Crippen molar-refractivity contribution in [3.05, 3.63) is 76.8 Å². The lowest BCUT2D eigenvalue weighted by Crippen LogP contribution is -2.53. The van der Waals surface area contributed by atoms with Crippen LogP contribution in [0.4, 0.5) is 0 Å². The van der Waals surface area contributed by atoms with Crippen LogP contribution in [-0.2, 0) is 14.4 Å². The molecule has 0 aliphatic rings. The van der Waals surface area contributed by atoms with E-state index < -0.39 is 29.8 Å². The van der Waals surface area contributed by atoms with E-state index in [0.717, 1.165) is 38.5 Å². The molecular formula is C36H56N6O4S. The minimum Gasteiger partial charge on any atom is -0.465 e. The number of rotatable bonds is 23. The molecular weight excluding hydrogens is 613 g/mol. The van der Waals surface area contributed by atoms with Crippen LogP contribution in [0.15, 0.2) is 80.5 Å². The molecule has 8 N–H and O–H groups in total. The number of nitrogens with two attached hydrogens (primary N) is 3. The summed E-state index contributed by atoms with van der Waals surface area (Å²) in [6.45, 7) is 11.1. The van der Waals surface area contributed by atoms with Crippen molar-refractivity contribution in [2.45, 2.75) is 98.1 Å². The van der Waals surface area contributed by atoms with E-state index in [1.54, 1.807) is 12.1 Å². The summed E-state index contributed by atoms with van der Waals surface area (Å²) in [4.78, 5) is 41.8. The van der Waals surface area contributed by atoms with Crippen molar-refractivity contribution in [2.24, 2.45) is 22.2 Å². The van der Waals surface area contributed by atoms with E-state index in [0.29, 0.717) is 23.7 Å². The summed E-state index contributed by atoms with van der Waals surface area (Å²) in [5.41, 5.74) is 21.9. The number of primary amides is 1. The minimum atomic E-state index is -0.920. The molecule has 1 heterocycles. The van der Waals surface area contributed by atoms with Crippen LogP contribution < -0.4 is 27.8 Å². The molecule has 0 fully saturated rings. The van der Waals surface area contributed by atoms with Gasteiger partial charge < -0.3 is 32.3 Å². The van der Waals surface area contributed by atoms with E-state index in [9.17, 15) is 14.4 Å². The van der Waals surface area contributed by atoms with Gasteiger partial charge in [0.05, 0.1) is 6.26 Å². The second-order valence-electron chi connectivity index (χ2n) is 11.9. The van der Waals surface area contributed by atoms with Gasteiger partial charge in [-0.05, 0) is 104 Å². The van der Waals surface area contributed by atoms with Crippen LogP contribution in [0.3, 0.4) is 0 Å². The number of amides is 3. The molecule has 1 aromatic rings. The number of nitrogens with zero attached hydrogens (tertiary/aromatic N) is 1. The fourth-order valence-electron chi connectivity index (χ4n) is 4.38. The monoisotopic (exact) mass is 668 g/mol. The summed E-state index contributed by atoms with van der Waals surface area (Å²) in [6.07, 6.45) is 20.4. The number of aliphatic imine (C=N–C) groups is 1. The Kier molecular flexibility index (Phi) is 21.1. The van der Waals surface area contributed by atoms with Crippen molar-refractivity contribution < 1.29 is 18.8 Å². The number of carbonyl (C=O) groups is 3. The van der Waals surface area contributed by atoms with Crippen LogP contribution in [0.2, 0.25) is 0 Å². The highest BCUT2D eigenvalue weighted by Gasteiger charge is 2.25. The van der Waals surface area contributed by atoms with Crippen LogP contribution in [-0.4, -0.2) is 53.8 Å². The first-order valence-corrected chi connectivity index (χ1v) is 17.4. The maximum Gasteiger partial charge on any atom is 0.244 e. The Morgan fingerprint density at radius 2 is 1.49 bits per heavy atom. The van der Waals surface area contributed by atoms with Crippen molar-refractivity contribution in [1.82, 2.24) is 10.6 Å². The molecule has 0 saturated heterocycles. The SMILES string of the molecule is CC(C)=CCC/C(C)=C/CC/C(C)=C/CC/C(C)=C/CSC[C@H](NC(=O)[C@H](CCCN=C(N)N)NC(=O)/C=C/c1ccco1)C(N)=O. The molecule has 47 heavy (non-hydrogen) atoms. The van der Waals surface area contributed by atoms with Crippen LogP contribution in [0.1, 0.15) is 91.7 Å². The Morgan fingerprint density at radius 1 is 0.872 bits per heavy atom. The van der Waals surface area contributed by atoms with Crippen molar-refractivity contribution in [1.29, 1.82) is 0 Å². The number of thioether (sulfide) groups is 1. The number of hydrogen-bond donors (Lipinski definition) is 5. The first kappa shape index (κ1) is 41.0. The van der Waals surface area contributed by atoms with E-state index in [1.807, 2.05) is 0 Å². The molecule has 1 rings (SSSR count). The Balaban J connectivity index is 2.58. The lowest BCUT2D eigenvalue weighted by molar-refractivity contribution is -0.130. The Morgan fingerprint density at radius 3 is 2.04 bits per heavy atom. The predicted molar refractivity (Wildman–Crippen MR) is 196 cm³/mol. The first-order chi connectivity index (χ1) is 22.4. The van der Waals surface area contributed by atoms with Crippen LogP contribution >= 0.6 is 11.8 Å². The van der Waals surface area contributed by atoms with E-state index in [2.05, 4.69) is 74.5 Å². The molecule has 0 unspecified atom stereocenters. The molecule has 2 atom stereocenters. The molecule has 0 bridgehead atoms. The highest BCUT2D eigenvalue weighted by Crippen LogP contribution is 2.15. The fraction of sp³-hybridized carbons (Fsp3) is 0.500. The zero-order chi connectivity index (χ0) is 35.0. The number of guanidine groups is 1. The molecule has 0 aliphatic heterocycles. The summed E-state index contributed by atoms with van der Waals surface area (Å²) in [6, 6.07) is 1.58. The minimum absolute atomic E-state index is 0.0574. The number of carbonyl (C=O) groups excluding carboxylic acids is 3. The third-order valence-electron chi connectivity index (χ3n) is 7.17. The smallest absolute Gasteiger partial charge is 0.244 e. The van der Waals surface area contributed by atoms with Crippen LogP contribution in [0, 0.1) is 0 Å². The molecule has 0 radical (unpaired) electrons. The molecule has 0 spiro atoms. The highest BCUT2D eigenvalue weighted by atomic mass is 32.2. The number of allylic oxidation sites excluding steroid dienone is 7. The summed E-state index contributed by atoms with van der Waals surface area (Å²) in [5.74, 6) is -0.222. The summed E-state index contributed by atoms with van der Waals surface area (Å²) in [5, 5.41) is 5.38. The summed E-state index contributed by atoms with van der Waals surface area (Å²) < 4.78 is 5.19. The van der Waals surface area contributed by atoms with Gasteiger partial charge in [0, 0.05) is 24.1 Å². The second kappa shape index (κ2) is 24.2.